The van der Waals surface area contributed by atoms with Crippen molar-refractivity contribution in [2.45, 2.75) is 33.4 Å². The van der Waals surface area contributed by atoms with Crippen LogP contribution in [-0.2, 0) is 11.3 Å². The van der Waals surface area contributed by atoms with E-state index in [4.69, 9.17) is 25.5 Å². The van der Waals surface area contributed by atoms with Crippen LogP contribution in [0.3, 0.4) is 0 Å². The number of nitrogens with zero attached hydrogens (tertiary/aromatic N) is 1. The molecule has 0 bridgehead atoms. The second kappa shape index (κ2) is 12.3. The Balaban J connectivity index is 1.86. The van der Waals surface area contributed by atoms with Crippen molar-refractivity contribution in [3.05, 3.63) is 76.9 Å². The number of rotatable bonds is 11. The average molecular weight is 523 g/mol. The summed E-state index contributed by atoms with van der Waals surface area (Å²) >= 11 is 0. The van der Waals surface area contributed by atoms with Gasteiger partial charge in [-0.2, -0.15) is 0 Å². The Hall–Kier alpha value is -4.93. The standard InChI is InChI=1S/C27H30N4O7/c1-15(2)38-23-12-20(32)11-18(25(23)37-14-24(33)34)13-29-22-9-4-16(3)10-21(22)27(35)30-19-7-5-17(6-8-19)26(28)31-36/h4-12,15,29,32,36H,13-14H2,1-3H3,(H2,28,31)(H,30,35)(H,33,34). The van der Waals surface area contributed by atoms with Crippen molar-refractivity contribution in [1.82, 2.24) is 0 Å². The van der Waals surface area contributed by atoms with Gasteiger partial charge in [-0.3, -0.25) is 4.79 Å². The van der Waals surface area contributed by atoms with Gasteiger partial charge < -0.3 is 41.3 Å². The number of aliphatic carboxylic acids is 1. The van der Waals surface area contributed by atoms with Gasteiger partial charge in [-0.05, 0) is 63.2 Å². The molecule has 1 amide bonds. The largest absolute Gasteiger partial charge is 0.508 e. The number of aryl methyl sites for hydroxylation is 1. The van der Waals surface area contributed by atoms with Crippen LogP contribution < -0.4 is 25.8 Å². The molecule has 0 saturated carbocycles. The van der Waals surface area contributed by atoms with E-state index < -0.39 is 12.6 Å². The number of amidine groups is 1. The van der Waals surface area contributed by atoms with Gasteiger partial charge in [0.25, 0.3) is 5.91 Å². The molecule has 3 aromatic carbocycles. The van der Waals surface area contributed by atoms with Gasteiger partial charge in [0, 0.05) is 35.1 Å². The number of nitrogens with one attached hydrogen (secondary N) is 2. The van der Waals surface area contributed by atoms with Crippen molar-refractivity contribution in [2.75, 3.05) is 17.2 Å². The van der Waals surface area contributed by atoms with E-state index in [1.807, 2.05) is 13.0 Å². The molecule has 0 spiro atoms. The first-order valence-corrected chi connectivity index (χ1v) is 11.7. The first kappa shape index (κ1) is 27.7. The fraction of sp³-hybridized carbons (Fsp3) is 0.222. The molecule has 7 N–H and O–H groups in total. The molecule has 0 saturated heterocycles. The van der Waals surface area contributed by atoms with E-state index in [0.29, 0.717) is 28.1 Å². The summed E-state index contributed by atoms with van der Waals surface area (Å²) in [5.74, 6) is -1.30. The van der Waals surface area contributed by atoms with Gasteiger partial charge in [0.15, 0.2) is 23.9 Å². The highest BCUT2D eigenvalue weighted by Crippen LogP contribution is 2.37. The summed E-state index contributed by atoms with van der Waals surface area (Å²) in [6, 6.07) is 14.6. The summed E-state index contributed by atoms with van der Waals surface area (Å²) in [6.07, 6.45) is -0.251. The minimum absolute atomic E-state index is 0.0475. The minimum atomic E-state index is -1.16. The van der Waals surface area contributed by atoms with Crippen molar-refractivity contribution in [2.24, 2.45) is 10.9 Å². The first-order valence-electron chi connectivity index (χ1n) is 11.7. The number of ether oxygens (including phenoxy) is 2. The number of benzene rings is 3. The van der Waals surface area contributed by atoms with Crippen molar-refractivity contribution < 1.29 is 34.5 Å². The molecule has 3 aromatic rings. The predicted octanol–water partition coefficient (Wildman–Crippen LogP) is 3.91. The van der Waals surface area contributed by atoms with Crippen LogP contribution in [0.15, 0.2) is 59.8 Å². The molecule has 11 heteroatoms. The SMILES string of the molecule is Cc1ccc(NCc2cc(O)cc(OC(C)C)c2OCC(=O)O)c(C(=O)Nc2ccc(/C(N)=N/O)cc2)c1. The predicted molar refractivity (Wildman–Crippen MR) is 142 cm³/mol. The highest BCUT2D eigenvalue weighted by Gasteiger charge is 2.18. The Morgan fingerprint density at radius 1 is 1.08 bits per heavy atom. The lowest BCUT2D eigenvalue weighted by Crippen LogP contribution is -2.17. The molecule has 38 heavy (non-hydrogen) atoms. The van der Waals surface area contributed by atoms with Crippen LogP contribution in [0, 0.1) is 6.92 Å². The number of carboxylic acid groups (broad SMARTS) is 1. The number of phenolic OH excluding ortho intramolecular Hbond substituents is 1. The molecular weight excluding hydrogens is 492 g/mol. The van der Waals surface area contributed by atoms with Gasteiger partial charge in [0.2, 0.25) is 0 Å². The van der Waals surface area contributed by atoms with Crippen molar-refractivity contribution in [3.63, 3.8) is 0 Å². The molecule has 0 fully saturated rings. The maximum atomic E-state index is 13.2. The highest BCUT2D eigenvalue weighted by atomic mass is 16.5. The molecule has 3 rings (SSSR count). The monoisotopic (exact) mass is 522 g/mol. The normalized spacial score (nSPS) is 11.2. The second-order valence-corrected chi connectivity index (χ2v) is 8.70. The molecule has 0 heterocycles. The summed E-state index contributed by atoms with van der Waals surface area (Å²) in [4.78, 5) is 24.3. The summed E-state index contributed by atoms with van der Waals surface area (Å²) in [7, 11) is 0. The lowest BCUT2D eigenvalue weighted by atomic mass is 10.1. The summed E-state index contributed by atoms with van der Waals surface area (Å²) in [6.45, 7) is 4.94. The molecule has 0 radical (unpaired) electrons. The Kier molecular flexibility index (Phi) is 8.99. The van der Waals surface area contributed by atoms with E-state index in [2.05, 4.69) is 15.8 Å². The van der Waals surface area contributed by atoms with Crippen LogP contribution in [0.4, 0.5) is 11.4 Å². The number of hydrogen-bond acceptors (Lipinski definition) is 8. The van der Waals surface area contributed by atoms with E-state index in [1.54, 1.807) is 50.2 Å². The van der Waals surface area contributed by atoms with Gasteiger partial charge in [-0.1, -0.05) is 16.8 Å². The molecule has 0 aromatic heterocycles. The molecule has 0 atom stereocenters. The number of carboxylic acids is 1. The fourth-order valence-electron chi connectivity index (χ4n) is 3.59. The molecular formula is C27H30N4O7. The number of anilines is 2. The van der Waals surface area contributed by atoms with Gasteiger partial charge in [-0.15, -0.1) is 0 Å². The fourth-order valence-corrected chi connectivity index (χ4v) is 3.59. The molecule has 11 nitrogen and oxygen atoms in total. The van der Waals surface area contributed by atoms with E-state index in [0.717, 1.165) is 5.56 Å². The summed E-state index contributed by atoms with van der Waals surface area (Å²) in [5, 5.41) is 37.1. The lowest BCUT2D eigenvalue weighted by molar-refractivity contribution is -0.139. The number of carbonyl (C=O) groups is 2. The molecule has 0 unspecified atom stereocenters. The van der Waals surface area contributed by atoms with E-state index >= 15 is 0 Å². The molecule has 200 valence electrons. The number of amides is 1. The Bertz CT molecular complexity index is 1340. The number of carbonyl (C=O) groups excluding carboxylic acids is 1. The zero-order valence-corrected chi connectivity index (χ0v) is 21.2. The van der Waals surface area contributed by atoms with Crippen LogP contribution in [0.1, 0.15) is 40.9 Å². The maximum Gasteiger partial charge on any atom is 0.341 e. The van der Waals surface area contributed by atoms with E-state index in [9.17, 15) is 14.7 Å². The average Bonchev–Trinajstić information content (AvgIpc) is 2.86. The Morgan fingerprint density at radius 2 is 1.79 bits per heavy atom. The number of oxime groups is 1. The number of phenols is 1. The first-order chi connectivity index (χ1) is 18.1. The zero-order chi connectivity index (χ0) is 27.8. The summed E-state index contributed by atoms with van der Waals surface area (Å²) in [5.41, 5.74) is 8.74. The van der Waals surface area contributed by atoms with Crippen LogP contribution in [0.2, 0.25) is 0 Å². The van der Waals surface area contributed by atoms with Gasteiger partial charge >= 0.3 is 5.97 Å². The second-order valence-electron chi connectivity index (χ2n) is 8.70. The number of nitrogens with two attached hydrogens (primary N) is 1. The third kappa shape index (κ3) is 7.29. The van der Waals surface area contributed by atoms with Crippen LogP contribution in [0.5, 0.6) is 17.2 Å². The highest BCUT2D eigenvalue weighted by molar-refractivity contribution is 6.08. The quantitative estimate of drug-likeness (QED) is 0.0943. The molecule has 0 aliphatic carbocycles. The molecule has 0 aliphatic heterocycles. The van der Waals surface area contributed by atoms with Crippen molar-refractivity contribution in [3.8, 4) is 17.2 Å². The minimum Gasteiger partial charge on any atom is -0.508 e. The van der Waals surface area contributed by atoms with Crippen molar-refractivity contribution in [1.29, 1.82) is 0 Å². The van der Waals surface area contributed by atoms with Gasteiger partial charge in [0.1, 0.15) is 5.75 Å². The maximum absolute atomic E-state index is 13.2. The number of hydrogen-bond donors (Lipinski definition) is 6. The van der Waals surface area contributed by atoms with Crippen LogP contribution in [-0.4, -0.2) is 45.8 Å². The summed E-state index contributed by atoms with van der Waals surface area (Å²) < 4.78 is 11.2. The van der Waals surface area contributed by atoms with Crippen molar-refractivity contribution >= 4 is 29.1 Å². The Morgan fingerprint density at radius 3 is 2.42 bits per heavy atom. The topological polar surface area (TPSA) is 176 Å². The van der Waals surface area contributed by atoms with Crippen LogP contribution in [0.25, 0.3) is 0 Å². The third-order valence-electron chi connectivity index (χ3n) is 5.25. The van der Waals surface area contributed by atoms with E-state index in [-0.39, 0.29) is 41.6 Å². The zero-order valence-electron chi connectivity index (χ0n) is 21.2. The van der Waals surface area contributed by atoms with E-state index in [1.165, 1.54) is 12.1 Å². The number of aromatic hydroxyl groups is 1. The van der Waals surface area contributed by atoms with Gasteiger partial charge in [-0.25, -0.2) is 4.79 Å². The smallest absolute Gasteiger partial charge is 0.341 e. The van der Waals surface area contributed by atoms with Gasteiger partial charge in [0.05, 0.1) is 11.7 Å². The van der Waals surface area contributed by atoms with Crippen LogP contribution >= 0.6 is 0 Å². The molecule has 0 aliphatic rings. The lowest BCUT2D eigenvalue weighted by Gasteiger charge is -2.19. The Labute approximate surface area is 219 Å². The third-order valence-corrected chi connectivity index (χ3v) is 5.25.